The smallest absolute Gasteiger partial charge is 0.0861 e. The zero-order chi connectivity index (χ0) is 4.99. The number of hydrogen-bond donors (Lipinski definition) is 0. The third-order valence-corrected chi connectivity index (χ3v) is 1.39. The van der Waals surface area contributed by atoms with Crippen molar-refractivity contribution in [2.45, 2.75) is 33.3 Å². The van der Waals surface area contributed by atoms with Crippen LogP contribution in [0, 0.1) is 0 Å². The average molecular weight is 84.0 g/mol. The van der Waals surface area contributed by atoms with Gasteiger partial charge in [-0.15, -0.1) is 0 Å². The van der Waals surface area contributed by atoms with Crippen LogP contribution < -0.4 is 0 Å². The van der Waals surface area contributed by atoms with Gasteiger partial charge in [0, 0.05) is 0 Å². The molecule has 0 aliphatic carbocycles. The van der Waals surface area contributed by atoms with E-state index in [1.54, 1.807) is 0 Å². The van der Waals surface area contributed by atoms with Gasteiger partial charge in [0.15, 0.2) is 0 Å². The van der Waals surface area contributed by atoms with Crippen LogP contribution in [0.1, 0.15) is 13.8 Å². The molecule has 0 unspecified atom stereocenters. The van der Waals surface area contributed by atoms with Gasteiger partial charge in [0.1, 0.15) is 6.71 Å². The zero-order valence-corrected chi connectivity index (χ0v) is 4.99. The molecule has 0 aromatic heterocycles. The molecule has 1 heteroatoms. The van der Waals surface area contributed by atoms with Gasteiger partial charge in [-0.3, -0.25) is 0 Å². The quantitative estimate of drug-likeness (QED) is 0.449. The van der Waals surface area contributed by atoms with Gasteiger partial charge in [0.2, 0.25) is 0 Å². The Morgan fingerprint density at radius 3 is 1.50 bits per heavy atom. The van der Waals surface area contributed by atoms with Crippen molar-refractivity contribution in [3.63, 3.8) is 0 Å². The summed E-state index contributed by atoms with van der Waals surface area (Å²) in [4.78, 5) is 0. The summed E-state index contributed by atoms with van der Waals surface area (Å²) in [5, 5.41) is 0. The zero-order valence-electron chi connectivity index (χ0n) is 4.99. The summed E-state index contributed by atoms with van der Waals surface area (Å²) in [6.45, 7) is 7.67. The van der Waals surface area contributed by atoms with E-state index in [-0.39, 0.29) is 0 Å². The molecule has 0 spiro atoms. The summed E-state index contributed by atoms with van der Waals surface area (Å²) in [7, 11) is 0. The topological polar surface area (TPSA) is 0 Å². The van der Waals surface area contributed by atoms with Gasteiger partial charge < -0.3 is 0 Å². The van der Waals surface area contributed by atoms with Crippen molar-refractivity contribution in [1.82, 2.24) is 0 Å². The molecule has 0 rings (SSSR count). The Labute approximate surface area is 41.0 Å². The summed E-state index contributed by atoms with van der Waals surface area (Å²) in [5.41, 5.74) is 0. The molecule has 0 aromatic carbocycles. The second-order valence-electron chi connectivity index (χ2n) is 1.92. The third kappa shape index (κ3) is 2.31. The minimum absolute atomic E-state index is 0.935. The van der Waals surface area contributed by atoms with Gasteiger partial charge in [-0.05, 0) is 0 Å². The van der Waals surface area contributed by atoms with Crippen molar-refractivity contribution in [1.29, 1.82) is 0 Å². The fourth-order valence-electron chi connectivity index (χ4n) is 0.289. The molecule has 0 nitrogen and oxygen atoms in total. The molecular weight excluding hydrogens is 70.9 g/mol. The maximum absolute atomic E-state index is 2.28. The Hall–Kier alpha value is 0.0649. The fraction of sp³-hybridized carbons (Fsp3) is 1.00. The van der Waals surface area contributed by atoms with E-state index in [1.807, 2.05) is 0 Å². The Morgan fingerprint density at radius 2 is 1.50 bits per heavy atom. The molecule has 6 heavy (non-hydrogen) atoms. The molecule has 0 aromatic rings. The minimum Gasteiger partial charge on any atom is -0.0861 e. The number of rotatable bonds is 2. The lowest BCUT2D eigenvalue weighted by Crippen LogP contribution is -1.99. The molecule has 0 radical (unpaired) electrons. The second kappa shape index (κ2) is 3.26. The molecule has 0 saturated carbocycles. The summed E-state index contributed by atoms with van der Waals surface area (Å²) >= 11 is 0. The lowest BCUT2D eigenvalue weighted by molar-refractivity contribution is 1.31. The van der Waals surface area contributed by atoms with E-state index in [1.165, 1.54) is 12.6 Å². The summed E-state index contributed by atoms with van der Waals surface area (Å²) in [6.07, 6.45) is 2.66. The second-order valence-corrected chi connectivity index (χ2v) is 1.92. The molecule has 0 saturated heterocycles. The van der Waals surface area contributed by atoms with Crippen LogP contribution >= 0.6 is 0 Å². The van der Waals surface area contributed by atoms with Gasteiger partial charge in [0.25, 0.3) is 0 Å². The van der Waals surface area contributed by atoms with Crippen LogP contribution in [0.5, 0.6) is 0 Å². The van der Waals surface area contributed by atoms with Crippen LogP contribution in [0.2, 0.25) is 19.5 Å². The molecule has 0 amide bonds. The molecule has 0 aliphatic rings. The van der Waals surface area contributed by atoms with Crippen LogP contribution in [-0.2, 0) is 0 Å². The van der Waals surface area contributed by atoms with Gasteiger partial charge >= 0.3 is 0 Å². The molecular formula is C5H13B. The van der Waals surface area contributed by atoms with Crippen LogP contribution in [0.15, 0.2) is 0 Å². The predicted octanol–water partition coefficient (Wildman–Crippen LogP) is 2.15. The molecule has 0 aliphatic heterocycles. The van der Waals surface area contributed by atoms with Crippen molar-refractivity contribution < 1.29 is 0 Å². The first-order valence-electron chi connectivity index (χ1n) is 2.81. The van der Waals surface area contributed by atoms with E-state index in [4.69, 9.17) is 0 Å². The minimum atomic E-state index is 0.935. The SMILES string of the molecule is CCB(C)CC. The summed E-state index contributed by atoms with van der Waals surface area (Å²) < 4.78 is 0. The lowest BCUT2D eigenvalue weighted by Gasteiger charge is -1.93. The Kier molecular flexibility index (Phi) is 3.30. The van der Waals surface area contributed by atoms with Crippen molar-refractivity contribution in [2.75, 3.05) is 0 Å². The maximum Gasteiger partial charge on any atom is 0.136 e. The van der Waals surface area contributed by atoms with Crippen LogP contribution in [0.3, 0.4) is 0 Å². The van der Waals surface area contributed by atoms with Crippen molar-refractivity contribution in [2.24, 2.45) is 0 Å². The first-order valence-corrected chi connectivity index (χ1v) is 2.81. The van der Waals surface area contributed by atoms with E-state index in [2.05, 4.69) is 20.7 Å². The lowest BCUT2D eigenvalue weighted by atomic mass is 9.48. The standard InChI is InChI=1S/C5H13B/c1-4-6(3)5-2/h4-5H2,1-3H3. The Balaban J connectivity index is 2.75. The number of hydrogen-bond acceptors (Lipinski definition) is 0. The van der Waals surface area contributed by atoms with Crippen molar-refractivity contribution in [3.05, 3.63) is 0 Å². The van der Waals surface area contributed by atoms with E-state index < -0.39 is 0 Å². The Morgan fingerprint density at radius 1 is 1.17 bits per heavy atom. The highest BCUT2D eigenvalue weighted by Gasteiger charge is 1.94. The van der Waals surface area contributed by atoms with Crippen LogP contribution in [0.25, 0.3) is 0 Å². The highest BCUT2D eigenvalue weighted by Crippen LogP contribution is 1.93. The molecule has 0 atom stereocenters. The monoisotopic (exact) mass is 84.1 g/mol. The van der Waals surface area contributed by atoms with E-state index in [0.717, 1.165) is 6.71 Å². The normalized spacial score (nSPS) is 8.50. The predicted molar refractivity (Wildman–Crippen MR) is 32.6 cm³/mol. The van der Waals surface area contributed by atoms with Gasteiger partial charge in [-0.1, -0.05) is 33.3 Å². The van der Waals surface area contributed by atoms with Gasteiger partial charge in [-0.25, -0.2) is 0 Å². The highest BCUT2D eigenvalue weighted by atomic mass is 13.6. The Bertz CT molecular complexity index is 23.1. The van der Waals surface area contributed by atoms with E-state index in [9.17, 15) is 0 Å². The van der Waals surface area contributed by atoms with Crippen LogP contribution in [0.4, 0.5) is 0 Å². The third-order valence-electron chi connectivity index (χ3n) is 1.39. The fourth-order valence-corrected chi connectivity index (χ4v) is 0.289. The first kappa shape index (κ1) is 6.06. The molecule has 0 bridgehead atoms. The van der Waals surface area contributed by atoms with Crippen LogP contribution in [-0.4, -0.2) is 6.71 Å². The highest BCUT2D eigenvalue weighted by molar-refractivity contribution is 6.56. The molecule has 0 fully saturated rings. The molecule has 0 N–H and O–H groups in total. The van der Waals surface area contributed by atoms with Gasteiger partial charge in [-0.2, -0.15) is 0 Å². The van der Waals surface area contributed by atoms with Crippen molar-refractivity contribution >= 4 is 6.71 Å². The molecule has 36 valence electrons. The average Bonchev–Trinajstić information content (AvgIpc) is 1.65. The largest absolute Gasteiger partial charge is 0.136 e. The summed E-state index contributed by atoms with van der Waals surface area (Å²) in [6, 6.07) is 0. The summed E-state index contributed by atoms with van der Waals surface area (Å²) in [5.74, 6) is 0. The van der Waals surface area contributed by atoms with E-state index >= 15 is 0 Å². The van der Waals surface area contributed by atoms with Crippen molar-refractivity contribution in [3.8, 4) is 0 Å². The first-order chi connectivity index (χ1) is 2.81. The maximum atomic E-state index is 2.28. The van der Waals surface area contributed by atoms with Gasteiger partial charge in [0.05, 0.1) is 0 Å². The molecule has 0 heterocycles. The van der Waals surface area contributed by atoms with E-state index in [0.29, 0.717) is 0 Å².